The van der Waals surface area contributed by atoms with Crippen molar-refractivity contribution in [1.82, 2.24) is 4.90 Å². The van der Waals surface area contributed by atoms with Crippen molar-refractivity contribution in [1.29, 1.82) is 0 Å². The highest BCUT2D eigenvalue weighted by Gasteiger charge is 2.39. The molecule has 1 aromatic carbocycles. The van der Waals surface area contributed by atoms with Crippen molar-refractivity contribution in [3.63, 3.8) is 0 Å². The number of rotatable bonds is 2. The van der Waals surface area contributed by atoms with Crippen LogP contribution < -0.4 is 0 Å². The van der Waals surface area contributed by atoms with Crippen LogP contribution in [0.25, 0.3) is 0 Å². The summed E-state index contributed by atoms with van der Waals surface area (Å²) in [5.41, 5.74) is -4.08. The second-order valence-electron chi connectivity index (χ2n) is 5.29. The highest BCUT2D eigenvalue weighted by atomic mass is 19.4. The molecule has 1 aromatic rings. The van der Waals surface area contributed by atoms with Crippen molar-refractivity contribution in [2.24, 2.45) is 0 Å². The molecule has 0 bridgehead atoms. The molecule has 0 unspecified atom stereocenters. The van der Waals surface area contributed by atoms with E-state index in [2.05, 4.69) is 0 Å². The van der Waals surface area contributed by atoms with Crippen molar-refractivity contribution in [3.8, 4) is 0 Å². The van der Waals surface area contributed by atoms with Crippen LogP contribution in [0.4, 0.5) is 26.3 Å². The number of benzene rings is 1. The number of alkyl halides is 6. The molecule has 2 rings (SSSR count). The topological polar surface area (TPSA) is 57.6 Å². The fraction of sp³-hybridized carbons (Fsp3) is 0.429. The van der Waals surface area contributed by atoms with E-state index in [1.54, 1.807) is 0 Å². The van der Waals surface area contributed by atoms with Gasteiger partial charge < -0.3 is 10.0 Å². The second kappa shape index (κ2) is 5.99. The van der Waals surface area contributed by atoms with Gasteiger partial charge in [0.15, 0.2) is 0 Å². The van der Waals surface area contributed by atoms with Crippen LogP contribution >= 0.6 is 0 Å². The molecule has 1 heterocycles. The minimum atomic E-state index is -5.08. The lowest BCUT2D eigenvalue weighted by atomic mass is 10.0. The van der Waals surface area contributed by atoms with Gasteiger partial charge in [0.05, 0.1) is 11.1 Å². The van der Waals surface area contributed by atoms with Gasteiger partial charge in [-0.2, -0.15) is 26.3 Å². The number of amides is 1. The third kappa shape index (κ3) is 3.62. The van der Waals surface area contributed by atoms with E-state index in [-0.39, 0.29) is 19.0 Å². The zero-order chi connectivity index (χ0) is 18.3. The fourth-order valence-corrected chi connectivity index (χ4v) is 2.51. The van der Waals surface area contributed by atoms with E-state index in [0.29, 0.717) is 18.6 Å². The first-order valence-electron chi connectivity index (χ1n) is 6.74. The normalized spacial score (nSPS) is 18.8. The molecule has 1 saturated heterocycles. The summed E-state index contributed by atoms with van der Waals surface area (Å²) >= 11 is 0. The lowest BCUT2D eigenvalue weighted by molar-refractivity contribution is -0.144. The summed E-state index contributed by atoms with van der Waals surface area (Å²) in [6, 6.07) is -0.750. The van der Waals surface area contributed by atoms with E-state index in [4.69, 9.17) is 5.11 Å². The number of nitrogens with zero attached hydrogens (tertiary/aromatic N) is 1. The molecule has 0 radical (unpaired) electrons. The largest absolute Gasteiger partial charge is 0.480 e. The lowest BCUT2D eigenvalue weighted by Gasteiger charge is -2.22. The molecule has 10 heteroatoms. The quantitative estimate of drug-likeness (QED) is 0.827. The number of halogens is 6. The van der Waals surface area contributed by atoms with Crippen LogP contribution in [0.2, 0.25) is 0 Å². The van der Waals surface area contributed by atoms with Gasteiger partial charge in [-0.15, -0.1) is 0 Å². The lowest BCUT2D eigenvalue weighted by Crippen LogP contribution is -2.40. The second-order valence-corrected chi connectivity index (χ2v) is 5.29. The number of aliphatic carboxylic acids is 1. The molecule has 0 aromatic heterocycles. The molecule has 1 aliphatic heterocycles. The summed E-state index contributed by atoms with van der Waals surface area (Å²) in [6.45, 7) is -0.0482. The number of carbonyl (C=O) groups is 2. The van der Waals surface area contributed by atoms with E-state index < -0.39 is 47.0 Å². The maximum Gasteiger partial charge on any atom is 0.416 e. The Morgan fingerprint density at radius 3 is 1.92 bits per heavy atom. The number of hydrogen-bond donors (Lipinski definition) is 1. The number of hydrogen-bond acceptors (Lipinski definition) is 2. The Morgan fingerprint density at radius 1 is 1.00 bits per heavy atom. The Bertz CT molecular complexity index is 635. The predicted molar refractivity (Wildman–Crippen MR) is 68.1 cm³/mol. The van der Waals surface area contributed by atoms with Gasteiger partial charge in [0.1, 0.15) is 6.04 Å². The van der Waals surface area contributed by atoms with Crippen LogP contribution in [-0.2, 0) is 17.1 Å². The Hall–Kier alpha value is -2.26. The molecule has 1 atom stereocenters. The van der Waals surface area contributed by atoms with Gasteiger partial charge in [-0.3, -0.25) is 4.79 Å². The number of carboxylic acid groups (broad SMARTS) is 1. The van der Waals surface area contributed by atoms with E-state index >= 15 is 0 Å². The van der Waals surface area contributed by atoms with Crippen LogP contribution in [0.3, 0.4) is 0 Å². The number of carbonyl (C=O) groups excluding carboxylic acids is 1. The number of carboxylic acids is 1. The highest BCUT2D eigenvalue weighted by Crippen LogP contribution is 2.37. The van der Waals surface area contributed by atoms with E-state index in [0.717, 1.165) is 4.90 Å². The minimum absolute atomic E-state index is 0.0482. The van der Waals surface area contributed by atoms with E-state index in [1.165, 1.54) is 0 Å². The van der Waals surface area contributed by atoms with Gasteiger partial charge in [-0.25, -0.2) is 4.79 Å². The Labute approximate surface area is 131 Å². The molecule has 1 N–H and O–H groups in total. The first-order valence-corrected chi connectivity index (χ1v) is 6.74. The SMILES string of the molecule is O=C(O)[C@@H]1CCCN1C(=O)c1cc(C(F)(F)F)cc(C(F)(F)F)c1. The van der Waals surface area contributed by atoms with E-state index in [9.17, 15) is 35.9 Å². The standard InChI is InChI=1S/C14H11F6NO3/c15-13(16,17)8-4-7(5-9(6-8)14(18,19)20)11(22)21-3-1-2-10(21)12(23)24/h4-6,10H,1-3H2,(H,23,24)/t10-/m0/s1. The summed E-state index contributed by atoms with van der Waals surface area (Å²) in [7, 11) is 0. The van der Waals surface area contributed by atoms with Crippen molar-refractivity contribution in [2.75, 3.05) is 6.54 Å². The average Bonchev–Trinajstić information content (AvgIpc) is 2.93. The van der Waals surface area contributed by atoms with Crippen molar-refractivity contribution in [3.05, 3.63) is 34.9 Å². The molecular weight excluding hydrogens is 344 g/mol. The summed E-state index contributed by atoms with van der Waals surface area (Å²) in [6.07, 6.45) is -9.76. The minimum Gasteiger partial charge on any atom is -0.480 e. The highest BCUT2D eigenvalue weighted by molar-refractivity contribution is 5.97. The Morgan fingerprint density at radius 2 is 1.50 bits per heavy atom. The first-order chi connectivity index (χ1) is 10.9. The predicted octanol–water partition coefficient (Wildman–Crippen LogP) is 3.41. The molecule has 0 saturated carbocycles. The number of likely N-dealkylation sites (tertiary alicyclic amines) is 1. The van der Waals surface area contributed by atoms with Gasteiger partial charge in [-0.1, -0.05) is 0 Å². The summed E-state index contributed by atoms with van der Waals surface area (Å²) in [4.78, 5) is 24.1. The third-order valence-electron chi connectivity index (χ3n) is 3.63. The van der Waals surface area contributed by atoms with Crippen molar-refractivity contribution in [2.45, 2.75) is 31.2 Å². The summed E-state index contributed by atoms with van der Waals surface area (Å²) < 4.78 is 76.8. The molecule has 132 valence electrons. The molecule has 0 aliphatic carbocycles. The van der Waals surface area contributed by atoms with Crippen LogP contribution in [0.5, 0.6) is 0 Å². The Kier molecular flexibility index (Phi) is 4.51. The third-order valence-corrected chi connectivity index (χ3v) is 3.63. The first kappa shape index (κ1) is 18.1. The van der Waals surface area contributed by atoms with Crippen molar-refractivity contribution < 1.29 is 41.0 Å². The summed E-state index contributed by atoms with van der Waals surface area (Å²) in [5, 5.41) is 8.99. The zero-order valence-corrected chi connectivity index (χ0v) is 11.9. The average molecular weight is 355 g/mol. The monoisotopic (exact) mass is 355 g/mol. The van der Waals surface area contributed by atoms with Gasteiger partial charge in [0, 0.05) is 12.1 Å². The molecule has 24 heavy (non-hydrogen) atoms. The molecule has 0 spiro atoms. The summed E-state index contributed by atoms with van der Waals surface area (Å²) in [5.74, 6) is -2.53. The molecule has 1 fully saturated rings. The van der Waals surface area contributed by atoms with Crippen molar-refractivity contribution >= 4 is 11.9 Å². The molecular formula is C14H11F6NO3. The maximum absolute atomic E-state index is 12.8. The Balaban J connectivity index is 2.49. The smallest absolute Gasteiger partial charge is 0.416 e. The molecule has 1 aliphatic rings. The van der Waals surface area contributed by atoms with E-state index in [1.807, 2.05) is 0 Å². The van der Waals surface area contributed by atoms with Crippen LogP contribution in [0.1, 0.15) is 34.3 Å². The van der Waals surface area contributed by atoms with Crippen LogP contribution in [-0.4, -0.2) is 34.5 Å². The van der Waals surface area contributed by atoms with Gasteiger partial charge in [0.25, 0.3) is 5.91 Å². The molecule has 1 amide bonds. The van der Waals surface area contributed by atoms with Gasteiger partial charge in [-0.05, 0) is 31.0 Å². The molecule has 4 nitrogen and oxygen atoms in total. The zero-order valence-electron chi connectivity index (χ0n) is 11.9. The van der Waals surface area contributed by atoms with Crippen LogP contribution in [0.15, 0.2) is 18.2 Å². The van der Waals surface area contributed by atoms with Crippen LogP contribution in [0, 0.1) is 0 Å². The van der Waals surface area contributed by atoms with Gasteiger partial charge >= 0.3 is 18.3 Å². The fourth-order valence-electron chi connectivity index (χ4n) is 2.51. The maximum atomic E-state index is 12.8. The van der Waals surface area contributed by atoms with Gasteiger partial charge in [0.2, 0.25) is 0 Å².